The molecule has 2 unspecified atom stereocenters. The molecule has 2 atom stereocenters. The van der Waals surface area contributed by atoms with Crippen molar-refractivity contribution in [1.29, 1.82) is 0 Å². The fourth-order valence-electron chi connectivity index (χ4n) is 2.46. The van der Waals surface area contributed by atoms with Crippen molar-refractivity contribution in [2.45, 2.75) is 19.3 Å². The minimum Gasteiger partial charge on any atom is -0.466 e. The maximum atomic E-state index is 12.0. The highest BCUT2D eigenvalue weighted by Crippen LogP contribution is 2.31. The third-order valence-electron chi connectivity index (χ3n) is 3.37. The second-order valence-corrected chi connectivity index (χ2v) is 4.95. The topological polar surface area (TPSA) is 38.3 Å². The Bertz CT molecular complexity index is 405. The first kappa shape index (κ1) is 13.4. The lowest BCUT2D eigenvalue weighted by atomic mass is 9.81. The van der Waals surface area contributed by atoms with Gasteiger partial charge in [0.15, 0.2) is 0 Å². The van der Waals surface area contributed by atoms with Crippen molar-refractivity contribution in [3.8, 4) is 0 Å². The zero-order valence-corrected chi connectivity index (χ0v) is 11.2. The van der Waals surface area contributed by atoms with Crippen LogP contribution < -0.4 is 5.32 Å². The lowest BCUT2D eigenvalue weighted by Crippen LogP contribution is -2.40. The first-order chi connectivity index (χ1) is 8.72. The molecule has 18 heavy (non-hydrogen) atoms. The molecule has 0 radical (unpaired) electrons. The molecular weight excluding hydrogens is 250 g/mol. The summed E-state index contributed by atoms with van der Waals surface area (Å²) >= 11 is 5.90. The van der Waals surface area contributed by atoms with E-state index in [2.05, 4.69) is 5.32 Å². The first-order valence-electron chi connectivity index (χ1n) is 6.35. The summed E-state index contributed by atoms with van der Waals surface area (Å²) in [5.41, 5.74) is 1.17. The molecule has 1 aliphatic rings. The van der Waals surface area contributed by atoms with Crippen LogP contribution >= 0.6 is 11.6 Å². The smallest absolute Gasteiger partial charge is 0.310 e. The summed E-state index contributed by atoms with van der Waals surface area (Å²) in [5, 5.41) is 3.98. The van der Waals surface area contributed by atoms with Crippen LogP contribution in [0.25, 0.3) is 0 Å². The van der Waals surface area contributed by atoms with E-state index < -0.39 is 0 Å². The van der Waals surface area contributed by atoms with E-state index in [0.29, 0.717) is 13.2 Å². The standard InChI is InChI=1S/C14H18ClNO2/c1-2-18-14(17)13-9-16-8-7-12(13)10-3-5-11(15)6-4-10/h3-6,12-13,16H,2,7-9H2,1H3. The average molecular weight is 268 g/mol. The van der Waals surface area contributed by atoms with Crippen molar-refractivity contribution >= 4 is 17.6 Å². The molecule has 1 N–H and O–H groups in total. The SMILES string of the molecule is CCOC(=O)C1CNCCC1c1ccc(Cl)cc1. The van der Waals surface area contributed by atoms with Crippen molar-refractivity contribution in [2.75, 3.05) is 19.7 Å². The highest BCUT2D eigenvalue weighted by atomic mass is 35.5. The van der Waals surface area contributed by atoms with Gasteiger partial charge in [-0.15, -0.1) is 0 Å². The van der Waals surface area contributed by atoms with Crippen LogP contribution in [0.15, 0.2) is 24.3 Å². The number of hydrogen-bond donors (Lipinski definition) is 1. The van der Waals surface area contributed by atoms with E-state index in [9.17, 15) is 4.79 Å². The maximum absolute atomic E-state index is 12.0. The van der Waals surface area contributed by atoms with Gasteiger partial charge >= 0.3 is 5.97 Å². The number of esters is 1. The van der Waals surface area contributed by atoms with Crippen molar-refractivity contribution in [1.82, 2.24) is 5.32 Å². The Hall–Kier alpha value is -1.06. The molecule has 1 aliphatic heterocycles. The van der Waals surface area contributed by atoms with Gasteiger partial charge in [-0.2, -0.15) is 0 Å². The van der Waals surface area contributed by atoms with Gasteiger partial charge in [-0.25, -0.2) is 0 Å². The molecule has 98 valence electrons. The summed E-state index contributed by atoms with van der Waals surface area (Å²) in [6.45, 7) is 3.89. The van der Waals surface area contributed by atoms with Crippen molar-refractivity contribution in [2.24, 2.45) is 5.92 Å². The summed E-state index contributed by atoms with van der Waals surface area (Å²) in [7, 11) is 0. The molecule has 1 heterocycles. The van der Waals surface area contributed by atoms with Crippen LogP contribution in [0.5, 0.6) is 0 Å². The van der Waals surface area contributed by atoms with Gasteiger partial charge in [-0.3, -0.25) is 4.79 Å². The average Bonchev–Trinajstić information content (AvgIpc) is 2.40. The van der Waals surface area contributed by atoms with E-state index in [1.54, 1.807) is 0 Å². The third kappa shape index (κ3) is 3.03. The highest BCUT2D eigenvalue weighted by molar-refractivity contribution is 6.30. The monoisotopic (exact) mass is 267 g/mol. The first-order valence-corrected chi connectivity index (χ1v) is 6.73. The Morgan fingerprint density at radius 1 is 1.44 bits per heavy atom. The largest absolute Gasteiger partial charge is 0.466 e. The van der Waals surface area contributed by atoms with Gasteiger partial charge in [0.05, 0.1) is 12.5 Å². The van der Waals surface area contributed by atoms with E-state index >= 15 is 0 Å². The quantitative estimate of drug-likeness (QED) is 0.856. The van der Waals surface area contributed by atoms with Gasteiger partial charge < -0.3 is 10.1 Å². The molecule has 1 fully saturated rings. The molecule has 0 amide bonds. The van der Waals surface area contributed by atoms with E-state index in [4.69, 9.17) is 16.3 Å². The second kappa shape index (κ2) is 6.21. The zero-order valence-electron chi connectivity index (χ0n) is 10.5. The molecule has 1 aromatic carbocycles. The molecule has 1 saturated heterocycles. The predicted molar refractivity (Wildman–Crippen MR) is 71.8 cm³/mol. The minimum absolute atomic E-state index is 0.0973. The molecule has 0 aliphatic carbocycles. The number of rotatable bonds is 3. The predicted octanol–water partition coefficient (Wildman–Crippen LogP) is 2.60. The molecule has 0 saturated carbocycles. The highest BCUT2D eigenvalue weighted by Gasteiger charge is 2.32. The Balaban J connectivity index is 2.17. The molecule has 0 spiro atoms. The number of carbonyl (C=O) groups excluding carboxylic acids is 1. The Morgan fingerprint density at radius 2 is 2.17 bits per heavy atom. The van der Waals surface area contributed by atoms with Crippen LogP contribution in [0, 0.1) is 5.92 Å². The number of hydrogen-bond acceptors (Lipinski definition) is 3. The lowest BCUT2D eigenvalue weighted by Gasteiger charge is -2.30. The third-order valence-corrected chi connectivity index (χ3v) is 3.62. The fourth-order valence-corrected chi connectivity index (χ4v) is 2.59. The van der Waals surface area contributed by atoms with Crippen LogP contribution in [0.2, 0.25) is 5.02 Å². The molecule has 3 nitrogen and oxygen atoms in total. The van der Waals surface area contributed by atoms with Gasteiger partial charge in [-0.05, 0) is 43.5 Å². The van der Waals surface area contributed by atoms with Gasteiger partial charge in [0.1, 0.15) is 0 Å². The summed E-state index contributed by atoms with van der Waals surface area (Å²) in [6, 6.07) is 7.76. The van der Waals surface area contributed by atoms with Crippen molar-refractivity contribution in [3.63, 3.8) is 0 Å². The van der Waals surface area contributed by atoms with E-state index in [1.807, 2.05) is 31.2 Å². The Morgan fingerprint density at radius 3 is 2.83 bits per heavy atom. The molecule has 2 rings (SSSR count). The van der Waals surface area contributed by atoms with Gasteiger partial charge in [0.2, 0.25) is 0 Å². The molecular formula is C14H18ClNO2. The van der Waals surface area contributed by atoms with E-state index in [1.165, 1.54) is 5.56 Å². The van der Waals surface area contributed by atoms with E-state index in [0.717, 1.165) is 18.0 Å². The van der Waals surface area contributed by atoms with Crippen LogP contribution in [-0.2, 0) is 9.53 Å². The van der Waals surface area contributed by atoms with Crippen LogP contribution in [0.3, 0.4) is 0 Å². The number of ether oxygens (including phenoxy) is 1. The number of benzene rings is 1. The summed E-state index contributed by atoms with van der Waals surface area (Å²) in [6.07, 6.45) is 0.950. The number of nitrogens with one attached hydrogen (secondary N) is 1. The number of piperidine rings is 1. The lowest BCUT2D eigenvalue weighted by molar-refractivity contribution is -0.149. The molecule has 1 aromatic rings. The molecule has 0 aromatic heterocycles. The van der Waals surface area contributed by atoms with E-state index in [-0.39, 0.29) is 17.8 Å². The Labute approximate surface area is 112 Å². The fraction of sp³-hybridized carbons (Fsp3) is 0.500. The molecule has 4 heteroatoms. The summed E-state index contributed by atoms with van der Waals surface area (Å²) in [4.78, 5) is 12.0. The zero-order chi connectivity index (χ0) is 13.0. The van der Waals surface area contributed by atoms with Gasteiger partial charge in [0, 0.05) is 11.6 Å². The minimum atomic E-state index is -0.107. The van der Waals surface area contributed by atoms with Crippen LogP contribution in [-0.4, -0.2) is 25.7 Å². The summed E-state index contributed by atoms with van der Waals surface area (Å²) in [5.74, 6) is 0.0205. The van der Waals surface area contributed by atoms with Crippen LogP contribution in [0.4, 0.5) is 0 Å². The van der Waals surface area contributed by atoms with Gasteiger partial charge in [0.25, 0.3) is 0 Å². The maximum Gasteiger partial charge on any atom is 0.310 e. The Kier molecular flexibility index (Phi) is 4.61. The summed E-state index contributed by atoms with van der Waals surface area (Å²) < 4.78 is 5.15. The number of carbonyl (C=O) groups is 1. The normalized spacial score (nSPS) is 23.7. The van der Waals surface area contributed by atoms with Gasteiger partial charge in [-0.1, -0.05) is 23.7 Å². The van der Waals surface area contributed by atoms with Crippen molar-refractivity contribution < 1.29 is 9.53 Å². The molecule has 0 bridgehead atoms. The second-order valence-electron chi connectivity index (χ2n) is 4.51. The van der Waals surface area contributed by atoms with Crippen molar-refractivity contribution in [3.05, 3.63) is 34.9 Å². The van der Waals surface area contributed by atoms with Crippen LogP contribution in [0.1, 0.15) is 24.8 Å². The number of halogens is 1.